The summed E-state index contributed by atoms with van der Waals surface area (Å²) < 4.78 is 48.4. The quantitative estimate of drug-likeness (QED) is 0.560. The summed E-state index contributed by atoms with van der Waals surface area (Å²) >= 11 is 0. The highest BCUT2D eigenvalue weighted by molar-refractivity contribution is 7.92. The smallest absolute Gasteiger partial charge is 0.233 e. The number of nitrogens with two attached hydrogens (primary N) is 1. The molecule has 0 aliphatic rings. The minimum atomic E-state index is -3.67. The van der Waals surface area contributed by atoms with Crippen molar-refractivity contribution in [1.29, 1.82) is 0 Å². The van der Waals surface area contributed by atoms with Crippen LogP contribution in [0.25, 0.3) is 6.08 Å². The Morgan fingerprint density at radius 1 is 1.00 bits per heavy atom. The number of rotatable bonds is 9. The molecule has 0 heterocycles. The number of carbonyl (C=O) groups excluding carboxylic acids is 1. The fourth-order valence-electron chi connectivity index (χ4n) is 2.28. The number of amides is 1. The van der Waals surface area contributed by atoms with E-state index in [1.54, 1.807) is 42.5 Å². The molecule has 0 saturated heterocycles. The van der Waals surface area contributed by atoms with E-state index in [9.17, 15) is 21.6 Å². The third kappa shape index (κ3) is 8.44. The molecule has 2 aromatic carbocycles. The molecule has 0 aromatic heterocycles. The van der Waals surface area contributed by atoms with E-state index >= 15 is 0 Å². The topological polar surface area (TPSA) is 135 Å². The molecule has 2 rings (SSSR count). The molecule has 0 radical (unpaired) electrons. The van der Waals surface area contributed by atoms with Crippen molar-refractivity contribution in [3.63, 3.8) is 0 Å². The molecule has 0 aliphatic heterocycles. The molecule has 0 spiro atoms. The maximum absolute atomic E-state index is 12.0. The van der Waals surface area contributed by atoms with Gasteiger partial charge in [0, 0.05) is 24.1 Å². The predicted molar refractivity (Wildman–Crippen MR) is 109 cm³/mol. The summed E-state index contributed by atoms with van der Waals surface area (Å²) in [6, 6.07) is 15.2. The maximum atomic E-state index is 12.0. The summed E-state index contributed by atoms with van der Waals surface area (Å²) in [5.74, 6) is -0.757. The molecular weight excluding hydrogens is 402 g/mol. The molecule has 0 atom stereocenters. The SMILES string of the molecule is NS(=O)(=O)Cc1cccc(NC(=O)CCNS(=O)(=O)/C=C\c2ccccc2)c1. The second-order valence-electron chi connectivity index (χ2n) is 5.96. The van der Waals surface area contributed by atoms with Crippen molar-refractivity contribution in [2.75, 3.05) is 11.9 Å². The van der Waals surface area contributed by atoms with Gasteiger partial charge in [0.1, 0.15) is 0 Å². The van der Waals surface area contributed by atoms with Gasteiger partial charge in [0.25, 0.3) is 0 Å². The molecule has 0 aliphatic carbocycles. The average Bonchev–Trinajstić information content (AvgIpc) is 2.59. The highest BCUT2D eigenvalue weighted by Gasteiger charge is 2.09. The standard InChI is InChI=1S/C18H21N3O5S2/c19-27(23,24)14-16-7-4-8-17(13-16)21-18(22)9-11-20-28(25,26)12-10-15-5-2-1-3-6-15/h1-8,10,12-13,20H,9,11,14H2,(H,21,22)(H2,19,23,24)/b12-10-. The first kappa shape index (κ1) is 21.8. The van der Waals surface area contributed by atoms with E-state index in [-0.39, 0.29) is 18.7 Å². The van der Waals surface area contributed by atoms with E-state index in [0.29, 0.717) is 11.3 Å². The Hall–Kier alpha value is -2.53. The van der Waals surface area contributed by atoms with Crippen LogP contribution in [0.4, 0.5) is 5.69 Å². The van der Waals surface area contributed by atoms with Gasteiger partial charge in [-0.3, -0.25) is 4.79 Å². The van der Waals surface area contributed by atoms with Crippen molar-refractivity contribution in [1.82, 2.24) is 4.72 Å². The van der Waals surface area contributed by atoms with E-state index < -0.39 is 26.0 Å². The van der Waals surface area contributed by atoms with Crippen LogP contribution in [0.2, 0.25) is 0 Å². The van der Waals surface area contributed by atoms with Crippen LogP contribution in [0, 0.1) is 0 Å². The van der Waals surface area contributed by atoms with E-state index in [1.165, 1.54) is 12.1 Å². The van der Waals surface area contributed by atoms with Gasteiger partial charge in [-0.05, 0) is 29.3 Å². The van der Waals surface area contributed by atoms with Crippen molar-refractivity contribution in [3.05, 3.63) is 71.1 Å². The van der Waals surface area contributed by atoms with Gasteiger partial charge < -0.3 is 5.32 Å². The third-order valence-corrected chi connectivity index (χ3v) is 5.31. The minimum Gasteiger partial charge on any atom is -0.326 e. The van der Waals surface area contributed by atoms with E-state index in [1.807, 2.05) is 6.07 Å². The normalized spacial score (nSPS) is 12.2. The summed E-state index contributed by atoms with van der Waals surface area (Å²) in [4.78, 5) is 12.0. The lowest BCUT2D eigenvalue weighted by Crippen LogP contribution is -2.26. The largest absolute Gasteiger partial charge is 0.326 e. The number of hydrogen-bond acceptors (Lipinski definition) is 5. The Labute approximate surface area is 164 Å². The van der Waals surface area contributed by atoms with Crippen molar-refractivity contribution >= 4 is 37.7 Å². The molecular formula is C18H21N3O5S2. The minimum absolute atomic E-state index is 0.0792. The fraction of sp³-hybridized carbons (Fsp3) is 0.167. The van der Waals surface area contributed by atoms with Gasteiger partial charge in [0.05, 0.1) is 5.75 Å². The van der Waals surface area contributed by atoms with Crippen molar-refractivity contribution in [2.24, 2.45) is 5.14 Å². The molecule has 10 heteroatoms. The van der Waals surface area contributed by atoms with Crippen LogP contribution in [-0.2, 0) is 30.6 Å². The van der Waals surface area contributed by atoms with E-state index in [2.05, 4.69) is 10.0 Å². The molecule has 0 bridgehead atoms. The number of primary sulfonamides is 1. The zero-order valence-corrected chi connectivity index (χ0v) is 16.5. The van der Waals surface area contributed by atoms with Gasteiger partial charge in [-0.25, -0.2) is 26.7 Å². The summed E-state index contributed by atoms with van der Waals surface area (Å²) in [6.07, 6.45) is 1.37. The van der Waals surface area contributed by atoms with Crippen LogP contribution < -0.4 is 15.2 Å². The Morgan fingerprint density at radius 2 is 1.71 bits per heavy atom. The van der Waals surface area contributed by atoms with Gasteiger partial charge in [-0.15, -0.1) is 0 Å². The average molecular weight is 424 g/mol. The second-order valence-corrected chi connectivity index (χ2v) is 9.22. The number of benzene rings is 2. The highest BCUT2D eigenvalue weighted by Crippen LogP contribution is 2.12. The maximum Gasteiger partial charge on any atom is 0.233 e. The summed E-state index contributed by atoms with van der Waals surface area (Å²) in [5, 5.41) is 8.62. The first-order chi connectivity index (χ1) is 13.1. The van der Waals surface area contributed by atoms with Crippen molar-refractivity contribution in [3.8, 4) is 0 Å². The van der Waals surface area contributed by atoms with Crippen molar-refractivity contribution in [2.45, 2.75) is 12.2 Å². The fourth-order valence-corrected chi connectivity index (χ4v) is 3.75. The molecule has 4 N–H and O–H groups in total. The molecule has 0 fully saturated rings. The first-order valence-electron chi connectivity index (χ1n) is 8.25. The first-order valence-corrected chi connectivity index (χ1v) is 11.5. The number of sulfonamides is 2. The Morgan fingerprint density at radius 3 is 2.39 bits per heavy atom. The van der Waals surface area contributed by atoms with Crippen LogP contribution in [-0.4, -0.2) is 29.3 Å². The molecule has 28 heavy (non-hydrogen) atoms. The van der Waals surface area contributed by atoms with Crippen LogP contribution >= 0.6 is 0 Å². The summed E-state index contributed by atoms with van der Waals surface area (Å²) in [7, 11) is -7.34. The molecule has 1 amide bonds. The van der Waals surface area contributed by atoms with Gasteiger partial charge >= 0.3 is 0 Å². The third-order valence-electron chi connectivity index (χ3n) is 3.47. The number of anilines is 1. The number of hydrogen-bond donors (Lipinski definition) is 3. The van der Waals surface area contributed by atoms with Gasteiger partial charge in [-0.1, -0.05) is 42.5 Å². The lowest BCUT2D eigenvalue weighted by atomic mass is 10.2. The molecule has 150 valence electrons. The lowest BCUT2D eigenvalue weighted by molar-refractivity contribution is -0.116. The van der Waals surface area contributed by atoms with Crippen molar-refractivity contribution < 1.29 is 21.6 Å². The van der Waals surface area contributed by atoms with Crippen LogP contribution in [0.1, 0.15) is 17.5 Å². The van der Waals surface area contributed by atoms with Crippen LogP contribution in [0.15, 0.2) is 60.0 Å². The summed E-state index contributed by atoms with van der Waals surface area (Å²) in [5.41, 5.74) is 1.58. The Kier molecular flexibility index (Phi) is 7.46. The highest BCUT2D eigenvalue weighted by atomic mass is 32.2. The molecule has 0 unspecified atom stereocenters. The van der Waals surface area contributed by atoms with Gasteiger partial charge in [-0.2, -0.15) is 0 Å². The Bertz CT molecular complexity index is 1050. The molecule has 0 saturated carbocycles. The zero-order valence-electron chi connectivity index (χ0n) is 14.9. The second kappa shape index (κ2) is 9.60. The monoisotopic (exact) mass is 423 g/mol. The van der Waals surface area contributed by atoms with E-state index in [0.717, 1.165) is 11.0 Å². The Balaban J connectivity index is 1.84. The van der Waals surface area contributed by atoms with Gasteiger partial charge in [0.2, 0.25) is 26.0 Å². The predicted octanol–water partition coefficient (Wildman–Crippen LogP) is 1.39. The number of nitrogens with one attached hydrogen (secondary N) is 2. The van der Waals surface area contributed by atoms with Gasteiger partial charge in [0.15, 0.2) is 0 Å². The molecule has 8 nitrogen and oxygen atoms in total. The van der Waals surface area contributed by atoms with Crippen LogP contribution in [0.3, 0.4) is 0 Å². The van der Waals surface area contributed by atoms with E-state index in [4.69, 9.17) is 5.14 Å². The van der Waals surface area contributed by atoms with Crippen LogP contribution in [0.5, 0.6) is 0 Å². The number of carbonyl (C=O) groups is 1. The zero-order chi connectivity index (χ0) is 20.6. The molecule has 2 aromatic rings. The lowest BCUT2D eigenvalue weighted by Gasteiger charge is -2.07. The summed E-state index contributed by atoms with van der Waals surface area (Å²) in [6.45, 7) is -0.0792.